The number of nitrogens with zero attached hydrogens (tertiary/aromatic N) is 5. The molecule has 8 aromatic rings. The molecule has 0 radical (unpaired) electrons. The van der Waals surface area contributed by atoms with Gasteiger partial charge in [0.25, 0.3) is 0 Å². The summed E-state index contributed by atoms with van der Waals surface area (Å²) in [7, 11) is 0. The summed E-state index contributed by atoms with van der Waals surface area (Å²) in [4.78, 5) is 18.7. The van der Waals surface area contributed by atoms with Gasteiger partial charge in [-0.15, -0.1) is 0 Å². The van der Waals surface area contributed by atoms with E-state index in [0.29, 0.717) is 0 Å². The largest absolute Gasteiger partial charge is 0.311 e. The van der Waals surface area contributed by atoms with Crippen LogP contribution in [-0.4, -0.2) is 15.0 Å². The van der Waals surface area contributed by atoms with Gasteiger partial charge < -0.3 is 9.80 Å². The van der Waals surface area contributed by atoms with Crippen molar-refractivity contribution in [2.24, 2.45) is 0 Å². The molecule has 3 heterocycles. The molecule has 1 aliphatic carbocycles. The quantitative estimate of drug-likeness (QED) is 0.132. The molecular formula is C53H41N5. The maximum absolute atomic E-state index is 4.91. The Labute approximate surface area is 340 Å². The fourth-order valence-electron chi connectivity index (χ4n) is 7.29. The standard InChI is InChI=1S/C53H41N5/c1-4-14-44(15-5-1)57(45-16-6-2-7-17-45)48-32-26-42(27-33-48)43-28-34-49(35-29-43)58(46-18-8-3-9-19-46)47-30-24-40(25-31-47)22-23-41-38-52(50-20-10-12-36-54-50)56-53(39-41)51-21-11-13-37-55-51/h1-2,4-8,10-39H,3,9H2. The van der Waals surface area contributed by atoms with Crippen LogP contribution in [0.1, 0.15) is 24.0 Å². The Morgan fingerprint density at radius 2 is 0.862 bits per heavy atom. The van der Waals surface area contributed by atoms with Gasteiger partial charge in [-0.2, -0.15) is 0 Å². The number of aromatic nitrogens is 3. The molecule has 0 saturated heterocycles. The van der Waals surface area contributed by atoms with Gasteiger partial charge in [-0.25, -0.2) is 4.98 Å². The Morgan fingerprint density at radius 3 is 1.34 bits per heavy atom. The molecule has 0 amide bonds. The van der Waals surface area contributed by atoms with E-state index in [9.17, 15) is 0 Å². The lowest BCUT2D eigenvalue weighted by atomic mass is 10.0. The predicted molar refractivity (Wildman–Crippen MR) is 241 cm³/mol. The zero-order chi connectivity index (χ0) is 38.9. The summed E-state index contributed by atoms with van der Waals surface area (Å²) in [6.07, 6.45) is 16.8. The van der Waals surface area contributed by atoms with Gasteiger partial charge in [-0.1, -0.05) is 109 Å². The zero-order valence-corrected chi connectivity index (χ0v) is 32.0. The van der Waals surface area contributed by atoms with Crippen LogP contribution in [0.2, 0.25) is 0 Å². The van der Waals surface area contributed by atoms with Crippen LogP contribution in [0.3, 0.4) is 0 Å². The minimum Gasteiger partial charge on any atom is -0.311 e. The molecule has 3 aromatic heterocycles. The van der Waals surface area contributed by atoms with Crippen LogP contribution in [0.25, 0.3) is 46.1 Å². The number of hydrogen-bond donors (Lipinski definition) is 0. The van der Waals surface area contributed by atoms with Crippen molar-refractivity contribution in [2.45, 2.75) is 12.8 Å². The van der Waals surface area contributed by atoms with Gasteiger partial charge in [-0.3, -0.25) is 9.97 Å². The Hall–Kier alpha value is -7.63. The summed E-state index contributed by atoms with van der Waals surface area (Å²) in [5, 5.41) is 0. The van der Waals surface area contributed by atoms with Crippen LogP contribution in [0.5, 0.6) is 0 Å². The SMILES string of the molecule is C1=CC(N(c2ccc(C=Cc3cc(-c4ccccn4)nc(-c4ccccn4)c3)cc2)c2ccc(-c3ccc(N(c4ccccc4)c4ccccc4)cc3)cc2)=CCC1. The smallest absolute Gasteiger partial charge is 0.0900 e. The predicted octanol–water partition coefficient (Wildman–Crippen LogP) is 13.9. The van der Waals surface area contributed by atoms with Crippen LogP contribution in [0.15, 0.2) is 218 Å². The zero-order valence-electron chi connectivity index (χ0n) is 32.0. The number of pyridine rings is 3. The summed E-state index contributed by atoms with van der Waals surface area (Å²) in [6, 6.07) is 63.4. The van der Waals surface area contributed by atoms with Gasteiger partial charge in [0.2, 0.25) is 0 Å². The maximum Gasteiger partial charge on any atom is 0.0900 e. The average Bonchev–Trinajstić information content (AvgIpc) is 3.31. The molecular weight excluding hydrogens is 707 g/mol. The Kier molecular flexibility index (Phi) is 10.6. The van der Waals surface area contributed by atoms with E-state index in [4.69, 9.17) is 4.98 Å². The van der Waals surface area contributed by atoms with Crippen LogP contribution in [-0.2, 0) is 0 Å². The van der Waals surface area contributed by atoms with Gasteiger partial charge in [0.05, 0.1) is 22.8 Å². The Balaban J connectivity index is 0.970. The van der Waals surface area contributed by atoms with Crippen molar-refractivity contribution in [3.8, 4) is 33.9 Å². The van der Waals surface area contributed by atoms with Gasteiger partial charge >= 0.3 is 0 Å². The summed E-state index contributed by atoms with van der Waals surface area (Å²) in [5.41, 5.74) is 14.5. The third-order valence-electron chi connectivity index (χ3n) is 10.2. The second-order valence-electron chi connectivity index (χ2n) is 14.1. The van der Waals surface area contributed by atoms with Crippen molar-refractivity contribution < 1.29 is 0 Å². The topological polar surface area (TPSA) is 45.2 Å². The molecule has 9 rings (SSSR count). The molecule has 5 aromatic carbocycles. The number of benzene rings is 5. The Morgan fingerprint density at radius 1 is 0.397 bits per heavy atom. The number of rotatable bonds is 11. The third kappa shape index (κ3) is 8.15. The van der Waals surface area contributed by atoms with E-state index in [0.717, 1.165) is 75.2 Å². The number of allylic oxidation sites excluding steroid dienone is 3. The lowest BCUT2D eigenvalue weighted by Crippen LogP contribution is -2.16. The highest BCUT2D eigenvalue weighted by atomic mass is 15.1. The second-order valence-corrected chi connectivity index (χ2v) is 14.1. The van der Waals surface area contributed by atoms with Crippen LogP contribution in [0, 0.1) is 0 Å². The summed E-state index contributed by atoms with van der Waals surface area (Å²) >= 11 is 0. The van der Waals surface area contributed by atoms with Crippen molar-refractivity contribution in [1.29, 1.82) is 0 Å². The molecule has 1 aliphatic rings. The molecule has 0 N–H and O–H groups in total. The van der Waals surface area contributed by atoms with Gasteiger partial charge in [-0.05, 0) is 138 Å². The molecule has 0 aliphatic heterocycles. The van der Waals surface area contributed by atoms with E-state index in [1.54, 1.807) is 12.4 Å². The first-order valence-electron chi connectivity index (χ1n) is 19.7. The lowest BCUT2D eigenvalue weighted by Gasteiger charge is -2.28. The molecule has 0 bridgehead atoms. The summed E-state index contributed by atoms with van der Waals surface area (Å²) in [5.74, 6) is 0. The van der Waals surface area contributed by atoms with E-state index in [1.165, 1.54) is 16.8 Å². The summed E-state index contributed by atoms with van der Waals surface area (Å²) < 4.78 is 0. The highest BCUT2D eigenvalue weighted by Gasteiger charge is 2.16. The molecule has 0 fully saturated rings. The van der Waals surface area contributed by atoms with E-state index in [1.807, 2.05) is 36.4 Å². The number of anilines is 5. The van der Waals surface area contributed by atoms with Crippen molar-refractivity contribution in [3.05, 3.63) is 229 Å². The molecule has 58 heavy (non-hydrogen) atoms. The first-order chi connectivity index (χ1) is 28.7. The Bertz CT molecular complexity index is 2580. The van der Waals surface area contributed by atoms with E-state index >= 15 is 0 Å². The minimum atomic E-state index is 0.809. The first-order valence-corrected chi connectivity index (χ1v) is 19.7. The van der Waals surface area contributed by atoms with Crippen molar-refractivity contribution in [2.75, 3.05) is 9.80 Å². The average molecular weight is 748 g/mol. The normalized spacial score (nSPS) is 12.3. The highest BCUT2D eigenvalue weighted by Crippen LogP contribution is 2.37. The number of hydrogen-bond acceptors (Lipinski definition) is 5. The molecule has 0 unspecified atom stereocenters. The van der Waals surface area contributed by atoms with Crippen LogP contribution < -0.4 is 9.80 Å². The fourth-order valence-corrected chi connectivity index (χ4v) is 7.29. The van der Waals surface area contributed by atoms with E-state index in [-0.39, 0.29) is 0 Å². The molecule has 5 nitrogen and oxygen atoms in total. The highest BCUT2D eigenvalue weighted by molar-refractivity contribution is 5.80. The van der Waals surface area contributed by atoms with Crippen molar-refractivity contribution in [1.82, 2.24) is 15.0 Å². The molecule has 0 spiro atoms. The van der Waals surface area contributed by atoms with Gasteiger partial charge in [0.15, 0.2) is 0 Å². The van der Waals surface area contributed by atoms with Crippen molar-refractivity contribution >= 4 is 40.6 Å². The monoisotopic (exact) mass is 747 g/mol. The maximum atomic E-state index is 4.91. The molecule has 0 saturated carbocycles. The lowest BCUT2D eigenvalue weighted by molar-refractivity contribution is 0.997. The van der Waals surface area contributed by atoms with E-state index < -0.39 is 0 Å². The third-order valence-corrected chi connectivity index (χ3v) is 10.2. The van der Waals surface area contributed by atoms with Crippen LogP contribution in [0.4, 0.5) is 28.4 Å². The molecule has 0 atom stereocenters. The first kappa shape index (κ1) is 36.0. The van der Waals surface area contributed by atoms with Gasteiger partial charge in [0.1, 0.15) is 0 Å². The van der Waals surface area contributed by atoms with Gasteiger partial charge in [0, 0.05) is 46.5 Å². The van der Waals surface area contributed by atoms with Crippen LogP contribution >= 0.6 is 0 Å². The van der Waals surface area contributed by atoms with E-state index in [2.05, 4.69) is 196 Å². The minimum absolute atomic E-state index is 0.809. The second kappa shape index (κ2) is 17.0. The molecule has 278 valence electrons. The number of para-hydroxylation sites is 2. The summed E-state index contributed by atoms with van der Waals surface area (Å²) in [6.45, 7) is 0. The fraction of sp³-hybridized carbons (Fsp3) is 0.0377. The van der Waals surface area contributed by atoms with Crippen molar-refractivity contribution in [3.63, 3.8) is 0 Å². The molecule has 5 heteroatoms.